The number of thiophene rings is 1. The van der Waals surface area contributed by atoms with Crippen LogP contribution in [0.4, 0.5) is 10.8 Å². The number of hydrogen-bond acceptors (Lipinski definition) is 8. The van der Waals surface area contributed by atoms with Crippen molar-refractivity contribution in [2.24, 2.45) is 0 Å². The number of methoxy groups -OCH3 is 1. The van der Waals surface area contributed by atoms with Crippen molar-refractivity contribution >= 4 is 53.1 Å². The topological polar surface area (TPSA) is 145 Å². The second-order valence-corrected chi connectivity index (χ2v) is 12.4. The average molecular weight is 522 g/mol. The normalized spacial score (nSPS) is 12.2. The van der Waals surface area contributed by atoms with Gasteiger partial charge in [0.2, 0.25) is 10.0 Å². The van der Waals surface area contributed by atoms with Gasteiger partial charge in [-0.2, -0.15) is 5.10 Å². The molecule has 4 N–H and O–H groups in total. The van der Waals surface area contributed by atoms with Gasteiger partial charge < -0.3 is 10.5 Å². The van der Waals surface area contributed by atoms with Gasteiger partial charge in [-0.3, -0.25) is 9.40 Å². The van der Waals surface area contributed by atoms with Gasteiger partial charge in [-0.1, -0.05) is 30.3 Å². The molecule has 0 aliphatic carbocycles. The van der Waals surface area contributed by atoms with Crippen molar-refractivity contribution in [2.45, 2.75) is 17.3 Å². The summed E-state index contributed by atoms with van der Waals surface area (Å²) in [5.74, 6) is 0.604. The number of nitrogens with two attached hydrogens (primary N) is 1. The molecule has 0 saturated heterocycles. The molecule has 180 valence electrons. The number of fused-ring (bicyclic) bond motifs is 1. The summed E-state index contributed by atoms with van der Waals surface area (Å²) in [6, 6.07) is 15.7. The number of nitrogen functional groups attached to an aromatic ring is 1. The first-order chi connectivity index (χ1) is 16.1. The molecule has 10 nitrogen and oxygen atoms in total. The summed E-state index contributed by atoms with van der Waals surface area (Å²) in [7, 11) is -5.72. The van der Waals surface area contributed by atoms with Gasteiger partial charge in [0.15, 0.2) is 5.82 Å². The summed E-state index contributed by atoms with van der Waals surface area (Å²) in [4.78, 5) is 0. The van der Waals surface area contributed by atoms with E-state index in [4.69, 9.17) is 10.5 Å². The minimum atomic E-state index is -3.90. The third kappa shape index (κ3) is 5.33. The van der Waals surface area contributed by atoms with E-state index in [0.717, 1.165) is 28.7 Å². The maximum atomic E-state index is 12.9. The summed E-state index contributed by atoms with van der Waals surface area (Å²) in [5.41, 5.74) is 8.02. The standard InChI is InChI=1S/C21H23N5O5S3/c1-31-17-8-4-7-16-20(17)21(25-34(29,30)19-10-9-18(22)32-19)24-26(16)13-15-6-3-5-14(11-15)12-23-33(2,27)28/h3-11,23H,12-13,22H2,1-2H3,(H,24,25). The zero-order valence-electron chi connectivity index (χ0n) is 18.3. The Morgan fingerprint density at radius 1 is 1.06 bits per heavy atom. The number of ether oxygens (including phenoxy) is 1. The first-order valence-electron chi connectivity index (χ1n) is 10.00. The molecule has 0 unspecified atom stereocenters. The lowest BCUT2D eigenvalue weighted by atomic mass is 10.1. The summed E-state index contributed by atoms with van der Waals surface area (Å²) < 4.78 is 60.9. The molecule has 0 aliphatic rings. The minimum Gasteiger partial charge on any atom is -0.496 e. The highest BCUT2D eigenvalue weighted by atomic mass is 32.2. The molecular weight excluding hydrogens is 498 g/mol. The number of benzene rings is 2. The van der Waals surface area contributed by atoms with Gasteiger partial charge >= 0.3 is 0 Å². The van der Waals surface area contributed by atoms with E-state index in [1.807, 2.05) is 30.3 Å². The molecule has 2 aromatic carbocycles. The van der Waals surface area contributed by atoms with Gasteiger partial charge in [-0.25, -0.2) is 21.6 Å². The zero-order chi connectivity index (χ0) is 24.5. The molecule has 4 aromatic rings. The number of rotatable bonds is 9. The molecule has 0 aliphatic heterocycles. The Morgan fingerprint density at radius 2 is 1.79 bits per heavy atom. The molecule has 0 spiro atoms. The van der Waals surface area contributed by atoms with Crippen LogP contribution in [0.3, 0.4) is 0 Å². The Bertz CT molecular complexity index is 1560. The van der Waals surface area contributed by atoms with Crippen molar-refractivity contribution in [1.29, 1.82) is 0 Å². The predicted molar refractivity (Wildman–Crippen MR) is 133 cm³/mol. The lowest BCUT2D eigenvalue weighted by Crippen LogP contribution is -2.21. The molecule has 0 radical (unpaired) electrons. The number of nitrogens with one attached hydrogen (secondary N) is 2. The quantitative estimate of drug-likeness (QED) is 0.307. The molecule has 34 heavy (non-hydrogen) atoms. The monoisotopic (exact) mass is 521 g/mol. The van der Waals surface area contributed by atoms with Crippen molar-refractivity contribution in [3.8, 4) is 5.75 Å². The van der Waals surface area contributed by atoms with Crippen molar-refractivity contribution in [3.63, 3.8) is 0 Å². The van der Waals surface area contributed by atoms with Crippen molar-refractivity contribution in [1.82, 2.24) is 14.5 Å². The van der Waals surface area contributed by atoms with E-state index in [-0.39, 0.29) is 16.6 Å². The predicted octanol–water partition coefficient (Wildman–Crippen LogP) is 2.59. The van der Waals surface area contributed by atoms with Crippen LogP contribution in [0.15, 0.2) is 58.8 Å². The molecule has 4 rings (SSSR count). The number of sulfonamides is 2. The second-order valence-electron chi connectivity index (χ2n) is 7.54. The van der Waals surface area contributed by atoms with E-state index in [1.165, 1.54) is 19.2 Å². The zero-order valence-corrected chi connectivity index (χ0v) is 20.8. The molecule has 0 fully saturated rings. The maximum absolute atomic E-state index is 12.9. The van der Waals surface area contributed by atoms with Crippen LogP contribution in [-0.4, -0.2) is 40.0 Å². The smallest absolute Gasteiger partial charge is 0.272 e. The molecule has 0 saturated carbocycles. The van der Waals surface area contributed by atoms with Gasteiger partial charge in [-0.05, 0) is 35.4 Å². The molecule has 13 heteroatoms. The Hall–Kier alpha value is -3.13. The lowest BCUT2D eigenvalue weighted by molar-refractivity contribution is 0.420. The summed E-state index contributed by atoms with van der Waals surface area (Å²) in [5, 5.41) is 5.44. The third-order valence-electron chi connectivity index (χ3n) is 4.92. The lowest BCUT2D eigenvalue weighted by Gasteiger charge is -2.08. The fraction of sp³-hybridized carbons (Fsp3) is 0.190. The Balaban J connectivity index is 1.71. The van der Waals surface area contributed by atoms with E-state index < -0.39 is 20.0 Å². The van der Waals surface area contributed by atoms with E-state index in [9.17, 15) is 16.8 Å². The van der Waals surface area contributed by atoms with Gasteiger partial charge in [-0.15, -0.1) is 11.3 Å². The highest BCUT2D eigenvalue weighted by Gasteiger charge is 2.23. The van der Waals surface area contributed by atoms with Crippen LogP contribution in [0.2, 0.25) is 0 Å². The van der Waals surface area contributed by atoms with E-state index in [0.29, 0.717) is 28.2 Å². The molecular formula is C21H23N5O5S3. The van der Waals surface area contributed by atoms with Crippen LogP contribution in [0.5, 0.6) is 5.75 Å². The molecule has 2 heterocycles. The van der Waals surface area contributed by atoms with Crippen molar-refractivity contribution in [2.75, 3.05) is 23.8 Å². The fourth-order valence-electron chi connectivity index (χ4n) is 3.44. The highest BCUT2D eigenvalue weighted by Crippen LogP contribution is 2.34. The van der Waals surface area contributed by atoms with Gasteiger partial charge in [0.05, 0.1) is 35.8 Å². The Kier molecular flexibility index (Phi) is 6.53. The van der Waals surface area contributed by atoms with Crippen LogP contribution in [0, 0.1) is 0 Å². The minimum absolute atomic E-state index is 0.0775. The van der Waals surface area contributed by atoms with Crippen LogP contribution in [0.25, 0.3) is 10.9 Å². The van der Waals surface area contributed by atoms with Crippen LogP contribution >= 0.6 is 11.3 Å². The van der Waals surface area contributed by atoms with Crippen LogP contribution in [0.1, 0.15) is 11.1 Å². The number of hydrogen-bond donors (Lipinski definition) is 3. The number of nitrogens with zero attached hydrogens (tertiary/aromatic N) is 2. The van der Waals surface area contributed by atoms with Crippen molar-refractivity contribution < 1.29 is 21.6 Å². The van der Waals surface area contributed by atoms with E-state index in [1.54, 1.807) is 16.8 Å². The first-order valence-corrected chi connectivity index (χ1v) is 14.2. The Labute approximate surface area is 201 Å². The molecule has 0 bridgehead atoms. The number of aromatic nitrogens is 2. The average Bonchev–Trinajstić information content (AvgIpc) is 3.36. The molecule has 0 atom stereocenters. The SMILES string of the molecule is COc1cccc2c1c(NS(=O)(=O)c1ccc(N)s1)nn2Cc1cccc(CNS(C)(=O)=O)c1. The number of anilines is 2. The van der Waals surface area contributed by atoms with Crippen LogP contribution in [-0.2, 0) is 33.1 Å². The summed E-state index contributed by atoms with van der Waals surface area (Å²) in [6.07, 6.45) is 1.10. The van der Waals surface area contributed by atoms with Gasteiger partial charge in [0.1, 0.15) is 9.96 Å². The molecule has 2 aromatic heterocycles. The summed E-state index contributed by atoms with van der Waals surface area (Å²) >= 11 is 0.959. The van der Waals surface area contributed by atoms with E-state index >= 15 is 0 Å². The van der Waals surface area contributed by atoms with Gasteiger partial charge in [0.25, 0.3) is 10.0 Å². The van der Waals surface area contributed by atoms with Crippen molar-refractivity contribution in [3.05, 3.63) is 65.7 Å². The maximum Gasteiger partial charge on any atom is 0.272 e. The van der Waals surface area contributed by atoms with E-state index in [2.05, 4.69) is 14.5 Å². The highest BCUT2D eigenvalue weighted by molar-refractivity contribution is 7.94. The molecule has 0 amide bonds. The fourth-order valence-corrected chi connectivity index (χ4v) is 5.97. The van der Waals surface area contributed by atoms with Crippen LogP contribution < -0.4 is 19.9 Å². The summed E-state index contributed by atoms with van der Waals surface area (Å²) in [6.45, 7) is 0.486. The second kappa shape index (κ2) is 9.25. The first kappa shape index (κ1) is 24.0. The third-order valence-corrected chi connectivity index (χ3v) is 8.33. The largest absolute Gasteiger partial charge is 0.496 e. The Morgan fingerprint density at radius 3 is 2.47 bits per heavy atom. The van der Waals surface area contributed by atoms with Gasteiger partial charge in [0, 0.05) is 6.54 Å².